The second-order valence-corrected chi connectivity index (χ2v) is 18.9. The minimum absolute atomic E-state index is 0.357. The van der Waals surface area contributed by atoms with Gasteiger partial charge in [-0.25, -0.2) is 8.42 Å². The van der Waals surface area contributed by atoms with Crippen molar-refractivity contribution in [3.05, 3.63) is 187 Å². The number of nitrogens with zero attached hydrogens (tertiary/aromatic N) is 1. The number of hydrogen-bond donors (Lipinski definition) is 0. The molecule has 0 N–H and O–H groups in total. The number of benzene rings is 7. The Labute approximate surface area is 344 Å². The Morgan fingerprint density at radius 2 is 0.897 bits per heavy atom. The summed E-state index contributed by atoms with van der Waals surface area (Å²) in [7, 11) is -3.72. The Bertz CT molecular complexity index is 2670. The molecule has 0 amide bonds. The monoisotopic (exact) mass is 775 g/mol. The van der Waals surface area contributed by atoms with E-state index in [1.54, 1.807) is 0 Å². The van der Waals surface area contributed by atoms with Crippen LogP contribution in [0.15, 0.2) is 186 Å². The molecule has 0 saturated heterocycles. The van der Waals surface area contributed by atoms with E-state index in [0.717, 1.165) is 70.6 Å². The first-order chi connectivity index (χ1) is 28.3. The first-order valence-corrected chi connectivity index (χ1v) is 22.5. The van der Waals surface area contributed by atoms with E-state index in [9.17, 15) is 8.42 Å². The average molecular weight is 776 g/mol. The molecule has 10 rings (SSSR count). The lowest BCUT2D eigenvalue weighted by atomic mass is 9.46. The molecule has 1 heterocycles. The van der Waals surface area contributed by atoms with E-state index in [2.05, 4.69) is 158 Å². The van der Waals surface area contributed by atoms with E-state index in [1.807, 2.05) is 36.4 Å². The molecule has 58 heavy (non-hydrogen) atoms. The van der Waals surface area contributed by atoms with Crippen molar-refractivity contribution in [1.29, 1.82) is 0 Å². The molecule has 2 bridgehead atoms. The summed E-state index contributed by atoms with van der Waals surface area (Å²) in [5.41, 5.74) is 11.7. The van der Waals surface area contributed by atoms with E-state index in [-0.39, 0.29) is 5.41 Å². The summed E-state index contributed by atoms with van der Waals surface area (Å²) in [6, 6.07) is 61.6. The Kier molecular flexibility index (Phi) is 9.21. The molecule has 4 heteroatoms. The number of sulfone groups is 1. The minimum atomic E-state index is -3.72. The lowest BCUT2D eigenvalue weighted by molar-refractivity contribution is 0.0173. The second-order valence-electron chi connectivity index (χ2n) is 17.0. The third kappa shape index (κ3) is 6.03. The molecular formula is C54H49NO2S. The molecule has 3 nitrogen and oxygen atoms in total. The van der Waals surface area contributed by atoms with Gasteiger partial charge in [0.05, 0.1) is 9.79 Å². The first kappa shape index (κ1) is 36.6. The van der Waals surface area contributed by atoms with Crippen molar-refractivity contribution in [2.75, 3.05) is 4.90 Å². The van der Waals surface area contributed by atoms with Crippen LogP contribution in [-0.4, -0.2) is 8.42 Å². The van der Waals surface area contributed by atoms with Crippen molar-refractivity contribution in [3.8, 4) is 33.4 Å². The summed E-state index contributed by atoms with van der Waals surface area (Å²) >= 11 is 0. The SMILES string of the molecule is CC[C@@H]1C[C@H]2C[C@H](C)C[C@@H](C1)C21c2ccccc2S(=O)(=O)c2ccc(N(c3ccc(-c4ccccc4)cc3)c3ccc(-c4ccc(-c5ccccc5)cc4)cc3)cc21. The summed E-state index contributed by atoms with van der Waals surface area (Å²) in [4.78, 5) is 3.31. The van der Waals surface area contributed by atoms with Gasteiger partial charge in [-0.2, -0.15) is 0 Å². The van der Waals surface area contributed by atoms with Crippen LogP contribution in [0, 0.1) is 23.7 Å². The summed E-state index contributed by atoms with van der Waals surface area (Å²) in [5, 5.41) is 0. The van der Waals surface area contributed by atoms with Gasteiger partial charge in [0.2, 0.25) is 9.84 Å². The third-order valence-corrected chi connectivity index (χ3v) is 15.6. The van der Waals surface area contributed by atoms with E-state index >= 15 is 0 Å². The van der Waals surface area contributed by atoms with Crippen LogP contribution in [0.2, 0.25) is 0 Å². The van der Waals surface area contributed by atoms with Gasteiger partial charge in [0.1, 0.15) is 0 Å². The number of anilines is 3. The van der Waals surface area contributed by atoms with E-state index < -0.39 is 9.84 Å². The van der Waals surface area contributed by atoms with Crippen LogP contribution in [0.4, 0.5) is 17.1 Å². The maximum absolute atomic E-state index is 14.7. The van der Waals surface area contributed by atoms with Gasteiger partial charge in [-0.1, -0.05) is 148 Å². The van der Waals surface area contributed by atoms with Gasteiger partial charge >= 0.3 is 0 Å². The first-order valence-electron chi connectivity index (χ1n) is 21.0. The van der Waals surface area contributed by atoms with Crippen LogP contribution >= 0.6 is 0 Å². The standard InChI is InChI=1S/C54H49NO2S/c1-3-38-34-45-32-37(2)33-46(35-38)54(45)50-16-10-11-17-52(50)58(56,57)53-31-30-49(36-51(53)54)55(47-26-22-43(23-27-47)40-14-8-5-9-15-40)48-28-24-44(25-29-48)42-20-18-41(19-21-42)39-12-6-4-7-13-39/h4-31,36-38,45-46H,3,32-35H2,1-2H3/t37-,38+,45+,46-,54?. The molecule has 1 unspecified atom stereocenters. The third-order valence-electron chi connectivity index (χ3n) is 13.7. The van der Waals surface area contributed by atoms with Gasteiger partial charge in [-0.05, 0) is 142 Å². The van der Waals surface area contributed by atoms with Crippen LogP contribution in [0.1, 0.15) is 57.1 Å². The minimum Gasteiger partial charge on any atom is -0.310 e. The second kappa shape index (κ2) is 14.6. The summed E-state index contributed by atoms with van der Waals surface area (Å²) in [6.07, 6.45) is 5.67. The summed E-state index contributed by atoms with van der Waals surface area (Å²) in [6.45, 7) is 4.74. The smallest absolute Gasteiger partial charge is 0.207 e. The predicted octanol–water partition coefficient (Wildman–Crippen LogP) is 14.1. The number of hydrogen-bond acceptors (Lipinski definition) is 3. The van der Waals surface area contributed by atoms with Gasteiger partial charge in [0, 0.05) is 22.5 Å². The zero-order valence-electron chi connectivity index (χ0n) is 33.3. The van der Waals surface area contributed by atoms with Crippen molar-refractivity contribution >= 4 is 26.9 Å². The fourth-order valence-corrected chi connectivity index (χ4v) is 12.9. The molecule has 1 aliphatic heterocycles. The van der Waals surface area contributed by atoms with E-state index in [0.29, 0.717) is 33.5 Å². The molecule has 2 saturated carbocycles. The van der Waals surface area contributed by atoms with E-state index in [1.165, 1.54) is 23.1 Å². The molecule has 288 valence electrons. The molecule has 2 aliphatic carbocycles. The largest absolute Gasteiger partial charge is 0.310 e. The Hall–Kier alpha value is -5.71. The highest BCUT2D eigenvalue weighted by Crippen LogP contribution is 2.65. The average Bonchev–Trinajstić information content (AvgIpc) is 3.27. The highest BCUT2D eigenvalue weighted by molar-refractivity contribution is 7.91. The van der Waals surface area contributed by atoms with Crippen molar-refractivity contribution < 1.29 is 8.42 Å². The van der Waals surface area contributed by atoms with Crippen molar-refractivity contribution in [3.63, 3.8) is 0 Å². The summed E-state index contributed by atoms with van der Waals surface area (Å²) < 4.78 is 29.4. The van der Waals surface area contributed by atoms with E-state index in [4.69, 9.17) is 0 Å². The molecule has 0 aromatic heterocycles. The van der Waals surface area contributed by atoms with Crippen molar-refractivity contribution in [2.24, 2.45) is 23.7 Å². The number of fused-ring (bicyclic) bond motifs is 2. The van der Waals surface area contributed by atoms with Gasteiger partial charge in [-0.15, -0.1) is 0 Å². The van der Waals surface area contributed by atoms with Crippen LogP contribution in [0.5, 0.6) is 0 Å². The van der Waals surface area contributed by atoms with Crippen LogP contribution < -0.4 is 4.90 Å². The lowest BCUT2D eigenvalue weighted by Gasteiger charge is -2.59. The highest BCUT2D eigenvalue weighted by atomic mass is 32.2. The normalized spacial score (nSPS) is 22.8. The topological polar surface area (TPSA) is 37.4 Å². The van der Waals surface area contributed by atoms with Gasteiger partial charge < -0.3 is 4.90 Å². The molecule has 7 aromatic rings. The molecular weight excluding hydrogens is 727 g/mol. The lowest BCUT2D eigenvalue weighted by Crippen LogP contribution is -2.54. The number of rotatable bonds is 7. The fraction of sp³-hybridized carbons (Fsp3) is 0.222. The van der Waals surface area contributed by atoms with Crippen molar-refractivity contribution in [1.82, 2.24) is 0 Å². The van der Waals surface area contributed by atoms with Crippen LogP contribution in [0.3, 0.4) is 0 Å². The maximum atomic E-state index is 14.7. The van der Waals surface area contributed by atoms with Crippen molar-refractivity contribution in [2.45, 2.75) is 61.2 Å². The van der Waals surface area contributed by atoms with Crippen LogP contribution in [-0.2, 0) is 15.3 Å². The summed E-state index contributed by atoms with van der Waals surface area (Å²) in [5.74, 6) is 2.02. The van der Waals surface area contributed by atoms with Gasteiger partial charge in [0.15, 0.2) is 0 Å². The highest BCUT2D eigenvalue weighted by Gasteiger charge is 2.59. The molecule has 5 atom stereocenters. The Morgan fingerprint density at radius 1 is 0.483 bits per heavy atom. The Morgan fingerprint density at radius 3 is 1.40 bits per heavy atom. The molecule has 2 fully saturated rings. The zero-order chi connectivity index (χ0) is 39.4. The molecule has 1 spiro atoms. The molecule has 3 aliphatic rings. The molecule has 7 aromatic carbocycles. The van der Waals surface area contributed by atoms with Gasteiger partial charge in [0.25, 0.3) is 0 Å². The van der Waals surface area contributed by atoms with Crippen LogP contribution in [0.25, 0.3) is 33.4 Å². The quantitative estimate of drug-likeness (QED) is 0.162. The maximum Gasteiger partial charge on any atom is 0.207 e. The molecule has 0 radical (unpaired) electrons. The fourth-order valence-electron chi connectivity index (χ4n) is 11.1. The van der Waals surface area contributed by atoms with Gasteiger partial charge in [-0.3, -0.25) is 0 Å². The zero-order valence-corrected chi connectivity index (χ0v) is 34.1. The predicted molar refractivity (Wildman–Crippen MR) is 238 cm³/mol. The Balaban J connectivity index is 1.12.